The van der Waals surface area contributed by atoms with Gasteiger partial charge in [0.05, 0.1) is 12.1 Å². The molecule has 2 rings (SSSR count). The fraction of sp³-hybridized carbons (Fsp3) is 0.125. The zero-order valence-corrected chi connectivity index (χ0v) is 10.9. The third-order valence-electron chi connectivity index (χ3n) is 2.85. The molecule has 0 aromatic heterocycles. The van der Waals surface area contributed by atoms with Gasteiger partial charge in [0.2, 0.25) is 5.91 Å². The van der Waals surface area contributed by atoms with Gasteiger partial charge in [-0.3, -0.25) is 9.59 Å². The molecule has 0 fully saturated rings. The first kappa shape index (κ1) is 14.0. The van der Waals surface area contributed by atoms with Gasteiger partial charge in [-0.2, -0.15) is 0 Å². The van der Waals surface area contributed by atoms with E-state index in [2.05, 4.69) is 5.32 Å². The summed E-state index contributed by atoms with van der Waals surface area (Å²) in [6.07, 6.45) is 0.239. The molecule has 20 heavy (non-hydrogen) atoms. The van der Waals surface area contributed by atoms with Crippen molar-refractivity contribution in [3.8, 4) is 0 Å². The van der Waals surface area contributed by atoms with E-state index in [1.54, 1.807) is 24.3 Å². The topological polar surface area (TPSA) is 66.4 Å². The van der Waals surface area contributed by atoms with E-state index in [1.807, 2.05) is 30.3 Å². The summed E-state index contributed by atoms with van der Waals surface area (Å²) < 4.78 is 0. The molecule has 0 spiro atoms. The second kappa shape index (κ2) is 6.63. The lowest BCUT2D eigenvalue weighted by atomic mass is 10.1. The third kappa shape index (κ3) is 3.52. The highest BCUT2D eigenvalue weighted by molar-refractivity contribution is 6.05. The van der Waals surface area contributed by atoms with Crippen molar-refractivity contribution in [2.24, 2.45) is 0 Å². The molecule has 0 radical (unpaired) electrons. The van der Waals surface area contributed by atoms with E-state index in [0.717, 1.165) is 5.56 Å². The summed E-state index contributed by atoms with van der Waals surface area (Å²) in [4.78, 5) is 23.5. The second-order valence-corrected chi connectivity index (χ2v) is 4.34. The van der Waals surface area contributed by atoms with E-state index in [-0.39, 0.29) is 12.3 Å². The Morgan fingerprint density at radius 2 is 1.60 bits per heavy atom. The number of nitrogens with one attached hydrogen (secondary N) is 1. The highest BCUT2D eigenvalue weighted by Crippen LogP contribution is 2.16. The number of hydrogen-bond acceptors (Lipinski definition) is 3. The van der Waals surface area contributed by atoms with Crippen molar-refractivity contribution in [3.05, 3.63) is 65.7 Å². The molecule has 0 aliphatic heterocycles. The lowest BCUT2D eigenvalue weighted by Gasteiger charge is -2.09. The van der Waals surface area contributed by atoms with E-state index in [1.165, 1.54) is 0 Å². The minimum absolute atomic E-state index is 0.200. The molecule has 1 amide bonds. The minimum Gasteiger partial charge on any atom is -0.388 e. The van der Waals surface area contributed by atoms with Crippen molar-refractivity contribution in [1.29, 1.82) is 0 Å². The van der Waals surface area contributed by atoms with Crippen molar-refractivity contribution in [2.75, 3.05) is 11.9 Å². The van der Waals surface area contributed by atoms with Crippen LogP contribution in [0.1, 0.15) is 15.9 Å². The molecule has 0 bridgehead atoms. The number of amides is 1. The molecule has 2 N–H and O–H groups in total. The largest absolute Gasteiger partial charge is 0.388 e. The summed E-state index contributed by atoms with van der Waals surface area (Å²) in [5, 5.41) is 11.6. The van der Waals surface area contributed by atoms with Crippen LogP contribution >= 0.6 is 0 Å². The quantitative estimate of drug-likeness (QED) is 0.816. The van der Waals surface area contributed by atoms with Crippen LogP contribution in [0.2, 0.25) is 0 Å². The average molecular weight is 269 g/mol. The number of ketones is 1. The van der Waals surface area contributed by atoms with Gasteiger partial charge < -0.3 is 10.4 Å². The third-order valence-corrected chi connectivity index (χ3v) is 2.85. The Hall–Kier alpha value is -2.46. The Kier molecular flexibility index (Phi) is 4.63. The molecule has 2 aromatic carbocycles. The van der Waals surface area contributed by atoms with Gasteiger partial charge in [-0.25, -0.2) is 0 Å². The monoisotopic (exact) mass is 269 g/mol. The molecule has 2 aromatic rings. The van der Waals surface area contributed by atoms with Crippen LogP contribution in [0.3, 0.4) is 0 Å². The number of anilines is 1. The van der Waals surface area contributed by atoms with Gasteiger partial charge >= 0.3 is 0 Å². The van der Waals surface area contributed by atoms with Crippen molar-refractivity contribution in [1.82, 2.24) is 0 Å². The predicted octanol–water partition coefficient (Wildman–Crippen LogP) is 2.04. The summed E-state index contributed by atoms with van der Waals surface area (Å²) in [7, 11) is 0. The first-order valence-corrected chi connectivity index (χ1v) is 6.27. The van der Waals surface area contributed by atoms with Gasteiger partial charge in [0.1, 0.15) is 6.61 Å². The predicted molar refractivity (Wildman–Crippen MR) is 76.6 cm³/mol. The molecule has 0 aliphatic rings. The van der Waals surface area contributed by atoms with Crippen molar-refractivity contribution >= 4 is 17.4 Å². The van der Waals surface area contributed by atoms with Crippen LogP contribution in [0, 0.1) is 0 Å². The lowest BCUT2D eigenvalue weighted by Crippen LogP contribution is -2.17. The van der Waals surface area contributed by atoms with Crippen LogP contribution in [0.4, 0.5) is 5.69 Å². The molecule has 0 unspecified atom stereocenters. The van der Waals surface area contributed by atoms with E-state index in [4.69, 9.17) is 5.11 Å². The Balaban J connectivity index is 2.10. The van der Waals surface area contributed by atoms with E-state index in [9.17, 15) is 9.59 Å². The summed E-state index contributed by atoms with van der Waals surface area (Å²) in [5.74, 6) is -0.616. The molecule has 0 aliphatic carbocycles. The highest BCUT2D eigenvalue weighted by atomic mass is 16.3. The standard InChI is InChI=1S/C16H15NO3/c18-11-15(19)13-8-4-5-9-14(13)17-16(20)10-12-6-2-1-3-7-12/h1-9,18H,10-11H2,(H,17,20). The Labute approximate surface area is 117 Å². The number of rotatable bonds is 5. The fourth-order valence-corrected chi connectivity index (χ4v) is 1.90. The van der Waals surface area contributed by atoms with Crippen LogP contribution in [0.25, 0.3) is 0 Å². The maximum Gasteiger partial charge on any atom is 0.228 e. The molecule has 4 heteroatoms. The number of aliphatic hydroxyl groups excluding tert-OH is 1. The van der Waals surface area contributed by atoms with E-state index in [0.29, 0.717) is 11.3 Å². The summed E-state index contributed by atoms with van der Waals surface area (Å²) in [6.45, 7) is -0.578. The van der Waals surface area contributed by atoms with Crippen LogP contribution in [-0.4, -0.2) is 23.4 Å². The fourth-order valence-electron chi connectivity index (χ4n) is 1.90. The first-order valence-electron chi connectivity index (χ1n) is 6.27. The Morgan fingerprint density at radius 1 is 0.950 bits per heavy atom. The van der Waals surface area contributed by atoms with Crippen LogP contribution in [-0.2, 0) is 11.2 Å². The molecule has 0 atom stereocenters. The van der Waals surface area contributed by atoms with Crippen LogP contribution in [0.15, 0.2) is 54.6 Å². The number of Topliss-reactive ketones (excluding diaryl/α,β-unsaturated/α-hetero) is 1. The minimum atomic E-state index is -0.578. The van der Waals surface area contributed by atoms with Crippen LogP contribution in [0.5, 0.6) is 0 Å². The number of benzene rings is 2. The molecular formula is C16H15NO3. The average Bonchev–Trinajstić information content (AvgIpc) is 2.48. The number of carbonyl (C=O) groups is 2. The number of para-hydroxylation sites is 1. The SMILES string of the molecule is O=C(Cc1ccccc1)Nc1ccccc1C(=O)CO. The zero-order chi connectivity index (χ0) is 14.4. The summed E-state index contributed by atoms with van der Waals surface area (Å²) in [6, 6.07) is 16.0. The number of carbonyl (C=O) groups excluding carboxylic acids is 2. The molecular weight excluding hydrogens is 254 g/mol. The van der Waals surface area contributed by atoms with Crippen molar-refractivity contribution < 1.29 is 14.7 Å². The number of aliphatic hydroxyl groups is 1. The van der Waals surface area contributed by atoms with Crippen LogP contribution < -0.4 is 5.32 Å². The van der Waals surface area contributed by atoms with Gasteiger partial charge in [0.15, 0.2) is 5.78 Å². The highest BCUT2D eigenvalue weighted by Gasteiger charge is 2.12. The first-order chi connectivity index (χ1) is 9.70. The molecule has 0 heterocycles. The van der Waals surface area contributed by atoms with Gasteiger partial charge in [-0.1, -0.05) is 42.5 Å². The zero-order valence-electron chi connectivity index (χ0n) is 10.9. The van der Waals surface area contributed by atoms with Gasteiger partial charge in [0, 0.05) is 5.56 Å². The summed E-state index contributed by atoms with van der Waals surface area (Å²) in [5.41, 5.74) is 1.64. The Bertz CT molecular complexity index is 608. The molecule has 4 nitrogen and oxygen atoms in total. The maximum absolute atomic E-state index is 12.0. The van der Waals surface area contributed by atoms with Crippen molar-refractivity contribution in [2.45, 2.75) is 6.42 Å². The maximum atomic E-state index is 12.0. The Morgan fingerprint density at radius 3 is 2.30 bits per heavy atom. The van der Waals surface area contributed by atoms with E-state index >= 15 is 0 Å². The van der Waals surface area contributed by atoms with E-state index < -0.39 is 12.4 Å². The molecule has 0 saturated heterocycles. The molecule has 0 saturated carbocycles. The van der Waals surface area contributed by atoms with Gasteiger partial charge in [0.25, 0.3) is 0 Å². The van der Waals surface area contributed by atoms with Gasteiger partial charge in [-0.15, -0.1) is 0 Å². The normalized spacial score (nSPS) is 10.1. The number of hydrogen-bond donors (Lipinski definition) is 2. The lowest BCUT2D eigenvalue weighted by molar-refractivity contribution is -0.115. The van der Waals surface area contributed by atoms with Crippen molar-refractivity contribution in [3.63, 3.8) is 0 Å². The smallest absolute Gasteiger partial charge is 0.228 e. The summed E-state index contributed by atoms with van der Waals surface area (Å²) >= 11 is 0. The van der Waals surface area contributed by atoms with Gasteiger partial charge in [-0.05, 0) is 17.7 Å². The molecule has 102 valence electrons. The second-order valence-electron chi connectivity index (χ2n) is 4.34.